The molecule has 0 radical (unpaired) electrons. The number of hydrogen-bond donors (Lipinski definition) is 2. The van der Waals surface area contributed by atoms with Gasteiger partial charge in [0.1, 0.15) is 6.42 Å². The standard InChI is InChI=1S/C19H19ClN2O4/c1-2-26-19(25)13-7-9-15(10-8-13)22-18(24)11-17(23)21-12-14-5-3-4-6-16(14)20/h3-10H,2,11-12H2,1H3,(H,21,23)(H,22,24). The first-order chi connectivity index (χ1) is 12.5. The van der Waals surface area contributed by atoms with E-state index in [-0.39, 0.29) is 13.0 Å². The van der Waals surface area contributed by atoms with Crippen molar-refractivity contribution in [2.24, 2.45) is 0 Å². The summed E-state index contributed by atoms with van der Waals surface area (Å²) in [7, 11) is 0. The Hall–Kier alpha value is -2.86. The molecule has 6 nitrogen and oxygen atoms in total. The molecular formula is C19H19ClN2O4. The summed E-state index contributed by atoms with van der Waals surface area (Å²) in [4.78, 5) is 35.4. The van der Waals surface area contributed by atoms with E-state index in [9.17, 15) is 14.4 Å². The van der Waals surface area contributed by atoms with E-state index in [0.29, 0.717) is 22.9 Å². The number of esters is 1. The summed E-state index contributed by atoms with van der Waals surface area (Å²) >= 11 is 6.01. The van der Waals surface area contributed by atoms with Crippen LogP contribution in [0, 0.1) is 0 Å². The number of benzene rings is 2. The van der Waals surface area contributed by atoms with E-state index in [0.717, 1.165) is 5.56 Å². The minimum absolute atomic E-state index is 0.250. The summed E-state index contributed by atoms with van der Waals surface area (Å²) < 4.78 is 4.88. The highest BCUT2D eigenvalue weighted by atomic mass is 35.5. The van der Waals surface area contributed by atoms with Crippen molar-refractivity contribution in [2.75, 3.05) is 11.9 Å². The number of carbonyl (C=O) groups excluding carboxylic acids is 3. The van der Waals surface area contributed by atoms with Gasteiger partial charge in [-0.2, -0.15) is 0 Å². The molecule has 0 bridgehead atoms. The predicted molar refractivity (Wildman–Crippen MR) is 98.9 cm³/mol. The highest BCUT2D eigenvalue weighted by molar-refractivity contribution is 6.31. The third-order valence-corrected chi connectivity index (χ3v) is 3.80. The molecule has 2 amide bonds. The quantitative estimate of drug-likeness (QED) is 0.576. The van der Waals surface area contributed by atoms with Crippen LogP contribution >= 0.6 is 11.6 Å². The van der Waals surface area contributed by atoms with Gasteiger partial charge >= 0.3 is 5.97 Å². The molecule has 2 rings (SSSR count). The zero-order valence-electron chi connectivity index (χ0n) is 14.3. The van der Waals surface area contributed by atoms with Gasteiger partial charge < -0.3 is 15.4 Å². The number of rotatable bonds is 7. The lowest BCUT2D eigenvalue weighted by Crippen LogP contribution is -2.27. The molecule has 2 aromatic carbocycles. The Morgan fingerprint density at radius 1 is 1.00 bits per heavy atom. The van der Waals surface area contributed by atoms with Crippen LogP contribution in [0.25, 0.3) is 0 Å². The maximum Gasteiger partial charge on any atom is 0.338 e. The molecule has 0 heterocycles. The zero-order valence-corrected chi connectivity index (χ0v) is 15.0. The first kappa shape index (κ1) is 19.5. The number of anilines is 1. The average Bonchev–Trinajstić information content (AvgIpc) is 2.61. The van der Waals surface area contributed by atoms with E-state index in [2.05, 4.69) is 10.6 Å². The van der Waals surface area contributed by atoms with Crippen molar-refractivity contribution < 1.29 is 19.1 Å². The van der Waals surface area contributed by atoms with Gasteiger partial charge in [0.15, 0.2) is 0 Å². The Kier molecular flexibility index (Phi) is 7.17. The van der Waals surface area contributed by atoms with Gasteiger partial charge in [-0.05, 0) is 42.8 Å². The van der Waals surface area contributed by atoms with Crippen molar-refractivity contribution in [2.45, 2.75) is 19.9 Å². The summed E-state index contributed by atoms with van der Waals surface area (Å²) in [5.41, 5.74) is 1.65. The molecular weight excluding hydrogens is 356 g/mol. The Balaban J connectivity index is 1.81. The highest BCUT2D eigenvalue weighted by Gasteiger charge is 2.11. The van der Waals surface area contributed by atoms with Gasteiger partial charge in [-0.25, -0.2) is 4.79 Å². The average molecular weight is 375 g/mol. The van der Waals surface area contributed by atoms with Gasteiger partial charge in [0.25, 0.3) is 0 Å². The van der Waals surface area contributed by atoms with Crippen LogP contribution < -0.4 is 10.6 Å². The summed E-state index contributed by atoms with van der Waals surface area (Å²) in [6, 6.07) is 13.4. The Bertz CT molecular complexity index is 790. The molecule has 0 unspecified atom stereocenters. The number of halogens is 1. The number of nitrogens with one attached hydrogen (secondary N) is 2. The van der Waals surface area contributed by atoms with Gasteiger partial charge in [-0.3, -0.25) is 9.59 Å². The van der Waals surface area contributed by atoms with Crippen LogP contribution in [0.2, 0.25) is 5.02 Å². The third kappa shape index (κ3) is 5.89. The van der Waals surface area contributed by atoms with Crippen LogP contribution in [0.15, 0.2) is 48.5 Å². The number of amides is 2. The minimum Gasteiger partial charge on any atom is -0.462 e. The maximum atomic E-state index is 11.9. The van der Waals surface area contributed by atoms with Crippen molar-refractivity contribution in [1.82, 2.24) is 5.32 Å². The van der Waals surface area contributed by atoms with Gasteiger partial charge in [-0.1, -0.05) is 29.8 Å². The molecule has 0 atom stereocenters. The molecule has 0 aliphatic carbocycles. The first-order valence-electron chi connectivity index (χ1n) is 8.06. The summed E-state index contributed by atoms with van der Waals surface area (Å²) in [6.45, 7) is 2.27. The molecule has 0 aromatic heterocycles. The van der Waals surface area contributed by atoms with Crippen molar-refractivity contribution in [3.63, 3.8) is 0 Å². The Morgan fingerprint density at radius 3 is 2.35 bits per heavy atom. The van der Waals surface area contributed by atoms with E-state index in [1.165, 1.54) is 0 Å². The monoisotopic (exact) mass is 374 g/mol. The summed E-state index contributed by atoms with van der Waals surface area (Å²) in [6.07, 6.45) is -0.315. The molecule has 0 saturated heterocycles. The number of carbonyl (C=O) groups is 3. The fourth-order valence-electron chi connectivity index (χ4n) is 2.15. The topological polar surface area (TPSA) is 84.5 Å². The molecule has 2 N–H and O–H groups in total. The van der Waals surface area contributed by atoms with E-state index in [1.807, 2.05) is 6.07 Å². The first-order valence-corrected chi connectivity index (χ1v) is 8.44. The minimum atomic E-state index is -0.453. The second kappa shape index (κ2) is 9.58. The van der Waals surface area contributed by atoms with Gasteiger partial charge in [0.05, 0.1) is 12.2 Å². The van der Waals surface area contributed by atoms with Gasteiger partial charge in [-0.15, -0.1) is 0 Å². The van der Waals surface area contributed by atoms with Crippen molar-refractivity contribution in [1.29, 1.82) is 0 Å². The second-order valence-electron chi connectivity index (χ2n) is 5.39. The lowest BCUT2D eigenvalue weighted by atomic mass is 10.2. The second-order valence-corrected chi connectivity index (χ2v) is 5.80. The Labute approximate surface area is 156 Å². The predicted octanol–water partition coefficient (Wildman–Crippen LogP) is 3.16. The van der Waals surface area contributed by atoms with Crippen LogP contribution in [0.4, 0.5) is 5.69 Å². The van der Waals surface area contributed by atoms with Crippen LogP contribution in [0.5, 0.6) is 0 Å². The largest absolute Gasteiger partial charge is 0.462 e. The Morgan fingerprint density at radius 2 is 1.69 bits per heavy atom. The smallest absolute Gasteiger partial charge is 0.338 e. The van der Waals surface area contributed by atoms with Crippen LogP contribution in [0.3, 0.4) is 0 Å². The molecule has 7 heteroatoms. The van der Waals surface area contributed by atoms with Crippen LogP contribution in [-0.2, 0) is 20.9 Å². The number of ether oxygens (including phenoxy) is 1. The summed E-state index contributed by atoms with van der Waals surface area (Å²) in [5, 5.41) is 5.81. The fraction of sp³-hybridized carbons (Fsp3) is 0.211. The van der Waals surface area contributed by atoms with Gasteiger partial charge in [0.2, 0.25) is 11.8 Å². The molecule has 136 valence electrons. The van der Waals surface area contributed by atoms with Crippen molar-refractivity contribution in [3.05, 3.63) is 64.7 Å². The van der Waals surface area contributed by atoms with E-state index in [1.54, 1.807) is 49.4 Å². The molecule has 0 fully saturated rings. The molecule has 0 spiro atoms. The van der Waals surface area contributed by atoms with E-state index in [4.69, 9.17) is 16.3 Å². The van der Waals surface area contributed by atoms with Crippen molar-refractivity contribution in [3.8, 4) is 0 Å². The highest BCUT2D eigenvalue weighted by Crippen LogP contribution is 2.14. The van der Waals surface area contributed by atoms with Crippen LogP contribution in [0.1, 0.15) is 29.3 Å². The lowest BCUT2D eigenvalue weighted by molar-refractivity contribution is -0.126. The normalized spacial score (nSPS) is 10.1. The molecule has 0 aliphatic rings. The molecule has 0 saturated carbocycles. The van der Waals surface area contributed by atoms with E-state index < -0.39 is 17.8 Å². The third-order valence-electron chi connectivity index (χ3n) is 3.43. The molecule has 26 heavy (non-hydrogen) atoms. The van der Waals surface area contributed by atoms with Gasteiger partial charge in [0, 0.05) is 17.3 Å². The fourth-order valence-corrected chi connectivity index (χ4v) is 2.36. The van der Waals surface area contributed by atoms with Crippen molar-refractivity contribution >= 4 is 35.1 Å². The summed E-state index contributed by atoms with van der Waals surface area (Å²) in [5.74, 6) is -1.29. The SMILES string of the molecule is CCOC(=O)c1ccc(NC(=O)CC(=O)NCc2ccccc2Cl)cc1. The lowest BCUT2D eigenvalue weighted by Gasteiger charge is -2.08. The maximum absolute atomic E-state index is 11.9. The number of hydrogen-bond acceptors (Lipinski definition) is 4. The molecule has 0 aliphatic heterocycles. The van der Waals surface area contributed by atoms with E-state index >= 15 is 0 Å². The zero-order chi connectivity index (χ0) is 18.9. The molecule has 2 aromatic rings. The van der Waals surface area contributed by atoms with Crippen LogP contribution in [-0.4, -0.2) is 24.4 Å².